The molecule has 1 rings (SSSR count). The summed E-state index contributed by atoms with van der Waals surface area (Å²) in [5.74, 6) is 0.804. The average Bonchev–Trinajstić information content (AvgIpc) is 2.53. The molecule has 126 valence electrons. The van der Waals surface area contributed by atoms with Crippen molar-refractivity contribution in [3.8, 4) is 5.75 Å². The highest BCUT2D eigenvalue weighted by molar-refractivity contribution is 5.85. The highest BCUT2D eigenvalue weighted by Crippen LogP contribution is 2.12. The largest absolute Gasteiger partial charge is 0.494 e. The highest BCUT2D eigenvalue weighted by atomic mass is 35.5. The van der Waals surface area contributed by atoms with Crippen LogP contribution in [0.15, 0.2) is 30.3 Å². The minimum atomic E-state index is -0.296. The minimum Gasteiger partial charge on any atom is -0.494 e. The molecule has 0 bridgehead atoms. The number of carbonyl (C=O) groups excluding carboxylic acids is 1. The number of hydrogen-bond acceptors (Lipinski definition) is 3. The maximum absolute atomic E-state index is 12.0. The number of carbonyl (C=O) groups is 1. The van der Waals surface area contributed by atoms with Crippen LogP contribution in [0.5, 0.6) is 5.75 Å². The summed E-state index contributed by atoms with van der Waals surface area (Å²) in [5, 5.41) is 2.95. The van der Waals surface area contributed by atoms with Gasteiger partial charge in [-0.1, -0.05) is 39.0 Å². The summed E-state index contributed by atoms with van der Waals surface area (Å²) >= 11 is 0. The summed E-state index contributed by atoms with van der Waals surface area (Å²) in [5.41, 5.74) is 5.89. The van der Waals surface area contributed by atoms with Gasteiger partial charge in [-0.2, -0.15) is 0 Å². The van der Waals surface area contributed by atoms with Crippen LogP contribution >= 0.6 is 12.4 Å². The van der Waals surface area contributed by atoms with Gasteiger partial charge in [0.05, 0.1) is 6.61 Å². The van der Waals surface area contributed by atoms with Crippen LogP contribution in [0, 0.1) is 5.92 Å². The van der Waals surface area contributed by atoms with Crippen molar-refractivity contribution < 1.29 is 9.53 Å². The van der Waals surface area contributed by atoms with E-state index < -0.39 is 0 Å². The molecule has 22 heavy (non-hydrogen) atoms. The van der Waals surface area contributed by atoms with Crippen molar-refractivity contribution in [2.24, 2.45) is 11.7 Å². The minimum absolute atomic E-state index is 0. The molecule has 1 unspecified atom stereocenters. The van der Waals surface area contributed by atoms with Gasteiger partial charge in [-0.15, -0.1) is 12.4 Å². The Balaban J connectivity index is 0.00000441. The molecule has 0 radical (unpaired) electrons. The molecule has 5 heteroatoms. The quantitative estimate of drug-likeness (QED) is 0.732. The number of nitrogens with one attached hydrogen (secondary N) is 1. The van der Waals surface area contributed by atoms with Crippen molar-refractivity contribution in [3.05, 3.63) is 30.3 Å². The zero-order valence-electron chi connectivity index (χ0n) is 13.8. The number of amides is 1. The number of rotatable bonds is 9. The normalized spacial score (nSPS) is 12.2. The lowest BCUT2D eigenvalue weighted by Gasteiger charge is -2.27. The van der Waals surface area contributed by atoms with Gasteiger partial charge in [0.2, 0.25) is 5.91 Å². The molecule has 3 N–H and O–H groups in total. The Bertz CT molecular complexity index is 422. The third-order valence-electron chi connectivity index (χ3n) is 4.03. The molecule has 0 aliphatic heterocycles. The van der Waals surface area contributed by atoms with Crippen LogP contribution in [-0.4, -0.2) is 24.6 Å². The third-order valence-corrected chi connectivity index (χ3v) is 4.03. The zero-order valence-corrected chi connectivity index (χ0v) is 14.6. The Hall–Kier alpha value is -1.26. The van der Waals surface area contributed by atoms with Gasteiger partial charge in [0.1, 0.15) is 5.75 Å². The Kier molecular flexibility index (Phi) is 9.86. The maximum Gasteiger partial charge on any atom is 0.223 e. The van der Waals surface area contributed by atoms with Crippen LogP contribution in [0.25, 0.3) is 0 Å². The first kappa shape index (κ1) is 20.7. The fourth-order valence-electron chi connectivity index (χ4n) is 1.94. The summed E-state index contributed by atoms with van der Waals surface area (Å²) in [6, 6.07) is 9.64. The highest BCUT2D eigenvalue weighted by Gasteiger charge is 2.22. The molecule has 1 aromatic rings. The lowest BCUT2D eigenvalue weighted by atomic mass is 9.94. The van der Waals surface area contributed by atoms with Crippen LogP contribution in [0.4, 0.5) is 0 Å². The first-order valence-electron chi connectivity index (χ1n) is 7.75. The molecule has 0 aliphatic carbocycles. The van der Waals surface area contributed by atoms with E-state index in [2.05, 4.69) is 5.32 Å². The van der Waals surface area contributed by atoms with E-state index in [1.165, 1.54) is 0 Å². The van der Waals surface area contributed by atoms with Crippen LogP contribution in [-0.2, 0) is 4.79 Å². The predicted octanol–water partition coefficient (Wildman–Crippen LogP) is 3.15. The average molecular weight is 329 g/mol. The fourth-order valence-corrected chi connectivity index (χ4v) is 1.94. The van der Waals surface area contributed by atoms with Crippen LogP contribution in [0.1, 0.15) is 40.0 Å². The first-order valence-corrected chi connectivity index (χ1v) is 7.75. The molecule has 4 nitrogen and oxygen atoms in total. The van der Waals surface area contributed by atoms with E-state index in [1.54, 1.807) is 0 Å². The maximum atomic E-state index is 12.0. The molecule has 1 aromatic carbocycles. The monoisotopic (exact) mass is 328 g/mol. The number of para-hydroxylation sites is 1. The van der Waals surface area contributed by atoms with Crippen molar-refractivity contribution in [3.63, 3.8) is 0 Å². The van der Waals surface area contributed by atoms with E-state index in [4.69, 9.17) is 10.5 Å². The molecule has 0 saturated carbocycles. The number of hydrogen-bond donors (Lipinski definition) is 2. The van der Waals surface area contributed by atoms with Crippen molar-refractivity contribution in [1.82, 2.24) is 5.32 Å². The second-order valence-corrected chi connectivity index (χ2v) is 5.64. The van der Waals surface area contributed by atoms with E-state index >= 15 is 0 Å². The Morgan fingerprint density at radius 2 is 1.86 bits per heavy atom. The molecule has 1 amide bonds. The lowest BCUT2D eigenvalue weighted by Crippen LogP contribution is -2.50. The van der Waals surface area contributed by atoms with Crippen molar-refractivity contribution in [1.29, 1.82) is 0 Å². The van der Waals surface area contributed by atoms with Gasteiger partial charge >= 0.3 is 0 Å². The Morgan fingerprint density at radius 3 is 2.41 bits per heavy atom. The molecule has 0 saturated heterocycles. The summed E-state index contributed by atoms with van der Waals surface area (Å²) in [6.45, 7) is 7.08. The molecular weight excluding hydrogens is 300 g/mol. The van der Waals surface area contributed by atoms with E-state index in [0.29, 0.717) is 19.6 Å². The summed E-state index contributed by atoms with van der Waals surface area (Å²) < 4.78 is 5.61. The van der Waals surface area contributed by atoms with Gasteiger partial charge in [0.25, 0.3) is 0 Å². The zero-order chi connectivity index (χ0) is 15.7. The SMILES string of the molecule is CCC(N)(CC)CNC(=O)C(C)CCOc1ccccc1.Cl. The number of nitrogens with two attached hydrogens (primary N) is 1. The standard InChI is InChI=1S/C17H28N2O2.ClH/c1-4-17(18,5-2)13-19-16(20)14(3)11-12-21-15-9-7-6-8-10-15;/h6-10,14H,4-5,11-13,18H2,1-3H3,(H,19,20);1H. The first-order chi connectivity index (χ1) is 10.0. The summed E-state index contributed by atoms with van der Waals surface area (Å²) in [7, 11) is 0. The second-order valence-electron chi connectivity index (χ2n) is 5.64. The van der Waals surface area contributed by atoms with Gasteiger partial charge < -0.3 is 15.8 Å². The fraction of sp³-hybridized carbons (Fsp3) is 0.588. The topological polar surface area (TPSA) is 64.3 Å². The van der Waals surface area contributed by atoms with Crippen molar-refractivity contribution in [2.75, 3.05) is 13.2 Å². The molecule has 1 atom stereocenters. The van der Waals surface area contributed by atoms with Gasteiger partial charge in [0, 0.05) is 18.0 Å². The predicted molar refractivity (Wildman–Crippen MR) is 93.5 cm³/mol. The Morgan fingerprint density at radius 1 is 1.27 bits per heavy atom. The van der Waals surface area contributed by atoms with Crippen LogP contribution < -0.4 is 15.8 Å². The molecular formula is C17H29ClN2O2. The summed E-state index contributed by atoms with van der Waals surface area (Å²) in [6.07, 6.45) is 2.40. The van der Waals surface area contributed by atoms with Gasteiger partial charge in [-0.05, 0) is 31.4 Å². The van der Waals surface area contributed by atoms with E-state index in [-0.39, 0.29) is 29.8 Å². The molecule has 0 fully saturated rings. The third kappa shape index (κ3) is 7.14. The molecule has 0 aliphatic rings. The number of benzene rings is 1. The smallest absolute Gasteiger partial charge is 0.223 e. The van der Waals surface area contributed by atoms with E-state index in [9.17, 15) is 4.79 Å². The molecule has 0 heterocycles. The van der Waals surface area contributed by atoms with Crippen molar-refractivity contribution >= 4 is 18.3 Å². The second kappa shape index (κ2) is 10.5. The van der Waals surface area contributed by atoms with E-state index in [0.717, 1.165) is 18.6 Å². The van der Waals surface area contributed by atoms with Crippen LogP contribution in [0.2, 0.25) is 0 Å². The number of ether oxygens (including phenoxy) is 1. The molecule has 0 aromatic heterocycles. The van der Waals surface area contributed by atoms with Gasteiger partial charge in [0.15, 0.2) is 0 Å². The van der Waals surface area contributed by atoms with Crippen molar-refractivity contribution in [2.45, 2.75) is 45.6 Å². The Labute approximate surface area is 140 Å². The lowest BCUT2D eigenvalue weighted by molar-refractivity contribution is -0.125. The molecule has 0 spiro atoms. The van der Waals surface area contributed by atoms with Gasteiger partial charge in [-0.3, -0.25) is 4.79 Å². The van der Waals surface area contributed by atoms with Crippen LogP contribution in [0.3, 0.4) is 0 Å². The summed E-state index contributed by atoms with van der Waals surface area (Å²) in [4.78, 5) is 12.0. The van der Waals surface area contributed by atoms with Gasteiger partial charge in [-0.25, -0.2) is 0 Å². The number of halogens is 1. The van der Waals surface area contributed by atoms with E-state index in [1.807, 2.05) is 51.1 Å².